The van der Waals surface area contributed by atoms with Crippen LogP contribution in [0.25, 0.3) is 0 Å². The zero-order valence-corrected chi connectivity index (χ0v) is 13.3. The van der Waals surface area contributed by atoms with Crippen LogP contribution < -0.4 is 5.73 Å². The van der Waals surface area contributed by atoms with Gasteiger partial charge in [0.2, 0.25) is 5.91 Å². The molecule has 0 aromatic heterocycles. The highest BCUT2D eigenvalue weighted by atomic mass is 79.9. The van der Waals surface area contributed by atoms with E-state index in [-0.39, 0.29) is 11.3 Å². The van der Waals surface area contributed by atoms with Crippen LogP contribution in [0.5, 0.6) is 0 Å². The first-order valence-corrected chi connectivity index (χ1v) is 7.38. The number of anilines is 1. The molecule has 1 aliphatic rings. The highest BCUT2D eigenvalue weighted by Crippen LogP contribution is 2.35. The van der Waals surface area contributed by atoms with Gasteiger partial charge in [-0.15, -0.1) is 0 Å². The largest absolute Gasteiger partial charge is 0.398 e. The van der Waals surface area contributed by atoms with Gasteiger partial charge in [0, 0.05) is 29.7 Å². The lowest BCUT2D eigenvalue weighted by Crippen LogP contribution is -2.27. The maximum atomic E-state index is 12.1. The van der Waals surface area contributed by atoms with Crippen molar-refractivity contribution >= 4 is 27.5 Å². The predicted octanol–water partition coefficient (Wildman–Crippen LogP) is 3.43. The molecular weight excluding hydrogens is 304 g/mol. The van der Waals surface area contributed by atoms with Crippen LogP contribution in [0.2, 0.25) is 0 Å². The number of nitrogen functional groups attached to an aromatic ring is 1. The van der Waals surface area contributed by atoms with Crippen LogP contribution in [0, 0.1) is 11.3 Å². The van der Waals surface area contributed by atoms with Crippen LogP contribution in [0.4, 0.5) is 5.69 Å². The summed E-state index contributed by atoms with van der Waals surface area (Å²) in [4.78, 5) is 14.0. The van der Waals surface area contributed by atoms with Crippen molar-refractivity contribution in [2.75, 3.05) is 12.3 Å². The summed E-state index contributed by atoms with van der Waals surface area (Å²) in [6, 6.07) is 5.88. The molecule has 1 aliphatic heterocycles. The van der Waals surface area contributed by atoms with Crippen molar-refractivity contribution < 1.29 is 4.79 Å². The Morgan fingerprint density at radius 2 is 2.11 bits per heavy atom. The van der Waals surface area contributed by atoms with Gasteiger partial charge in [0.15, 0.2) is 0 Å². The predicted molar refractivity (Wildman–Crippen MR) is 81.5 cm³/mol. The molecule has 1 unspecified atom stereocenters. The fourth-order valence-electron chi connectivity index (χ4n) is 2.42. The lowest BCUT2D eigenvalue weighted by atomic mass is 9.80. The first kappa shape index (κ1) is 14.4. The maximum Gasteiger partial charge on any atom is 0.223 e. The van der Waals surface area contributed by atoms with E-state index in [1.807, 2.05) is 23.1 Å². The average molecular weight is 325 g/mol. The zero-order chi connectivity index (χ0) is 14.2. The number of amides is 1. The SMILES string of the molecule is CC(C)(C)C1CC(=O)N(Cc2ccc(Br)c(N)c2)C1. The summed E-state index contributed by atoms with van der Waals surface area (Å²) in [7, 11) is 0. The van der Waals surface area contributed by atoms with E-state index >= 15 is 0 Å². The third-order valence-corrected chi connectivity index (χ3v) is 4.60. The Morgan fingerprint density at radius 3 is 2.63 bits per heavy atom. The molecule has 4 heteroatoms. The molecule has 104 valence electrons. The highest BCUT2D eigenvalue weighted by Gasteiger charge is 2.36. The van der Waals surface area contributed by atoms with Crippen LogP contribution in [0.1, 0.15) is 32.8 Å². The Hall–Kier alpha value is -1.03. The summed E-state index contributed by atoms with van der Waals surface area (Å²) >= 11 is 3.38. The molecule has 2 N–H and O–H groups in total. The minimum absolute atomic E-state index is 0.184. The van der Waals surface area contributed by atoms with E-state index in [1.165, 1.54) is 0 Å². The molecule has 0 bridgehead atoms. The number of carbonyl (C=O) groups excluding carboxylic acids is 1. The number of hydrogen-bond donors (Lipinski definition) is 1. The molecule has 1 fully saturated rings. The van der Waals surface area contributed by atoms with E-state index in [0.29, 0.717) is 18.9 Å². The monoisotopic (exact) mass is 324 g/mol. The zero-order valence-electron chi connectivity index (χ0n) is 11.7. The standard InChI is InChI=1S/C15H21BrN2O/c1-15(2,3)11-7-14(19)18(9-11)8-10-4-5-12(16)13(17)6-10/h4-6,11H,7-9,17H2,1-3H3. The lowest BCUT2D eigenvalue weighted by molar-refractivity contribution is -0.128. The summed E-state index contributed by atoms with van der Waals surface area (Å²) in [5.41, 5.74) is 7.87. The number of rotatable bonds is 2. The van der Waals surface area contributed by atoms with Gasteiger partial charge in [-0.3, -0.25) is 4.79 Å². The summed E-state index contributed by atoms with van der Waals surface area (Å²) in [6.45, 7) is 8.10. The van der Waals surface area contributed by atoms with Crippen LogP contribution in [-0.2, 0) is 11.3 Å². The van der Waals surface area contributed by atoms with Crippen LogP contribution in [0.15, 0.2) is 22.7 Å². The first-order chi connectivity index (χ1) is 8.77. The average Bonchev–Trinajstić information content (AvgIpc) is 2.65. The number of nitrogens with zero attached hydrogens (tertiary/aromatic N) is 1. The third kappa shape index (κ3) is 3.30. The fourth-order valence-corrected chi connectivity index (χ4v) is 2.66. The summed E-state index contributed by atoms with van der Waals surface area (Å²) < 4.78 is 0.900. The number of likely N-dealkylation sites (tertiary alicyclic amines) is 1. The fraction of sp³-hybridized carbons (Fsp3) is 0.533. The molecule has 0 saturated carbocycles. The van der Waals surface area contributed by atoms with Crippen molar-refractivity contribution in [3.63, 3.8) is 0 Å². The topological polar surface area (TPSA) is 46.3 Å². The van der Waals surface area contributed by atoms with E-state index in [0.717, 1.165) is 22.3 Å². The molecule has 0 spiro atoms. The second-order valence-electron chi connectivity index (χ2n) is 6.40. The van der Waals surface area contributed by atoms with Gasteiger partial charge in [-0.05, 0) is 45.0 Å². The Labute approximate surface area is 123 Å². The number of halogens is 1. The van der Waals surface area contributed by atoms with Crippen LogP contribution >= 0.6 is 15.9 Å². The molecule has 1 atom stereocenters. The Kier molecular flexibility index (Phi) is 3.90. The maximum absolute atomic E-state index is 12.1. The number of carbonyl (C=O) groups is 1. The Balaban J connectivity index is 2.07. The molecular formula is C15H21BrN2O. The van der Waals surface area contributed by atoms with Crippen molar-refractivity contribution in [3.05, 3.63) is 28.2 Å². The Morgan fingerprint density at radius 1 is 1.42 bits per heavy atom. The van der Waals surface area contributed by atoms with Crippen LogP contribution in [-0.4, -0.2) is 17.4 Å². The van der Waals surface area contributed by atoms with Gasteiger partial charge < -0.3 is 10.6 Å². The van der Waals surface area contributed by atoms with E-state index in [9.17, 15) is 4.79 Å². The van der Waals surface area contributed by atoms with Crippen molar-refractivity contribution in [1.29, 1.82) is 0 Å². The quantitative estimate of drug-likeness (QED) is 0.847. The van der Waals surface area contributed by atoms with Crippen molar-refractivity contribution in [1.82, 2.24) is 4.90 Å². The molecule has 1 heterocycles. The first-order valence-electron chi connectivity index (χ1n) is 6.59. The van der Waals surface area contributed by atoms with Crippen molar-refractivity contribution in [3.8, 4) is 0 Å². The molecule has 2 rings (SSSR count). The van der Waals surface area contributed by atoms with Gasteiger partial charge in [-0.1, -0.05) is 26.8 Å². The molecule has 1 saturated heterocycles. The highest BCUT2D eigenvalue weighted by molar-refractivity contribution is 9.10. The normalized spacial score (nSPS) is 20.1. The minimum atomic E-state index is 0.184. The second-order valence-corrected chi connectivity index (χ2v) is 7.25. The van der Waals surface area contributed by atoms with E-state index in [2.05, 4.69) is 36.7 Å². The lowest BCUT2D eigenvalue weighted by Gasteiger charge is -2.26. The van der Waals surface area contributed by atoms with Crippen LogP contribution in [0.3, 0.4) is 0 Å². The summed E-state index contributed by atoms with van der Waals surface area (Å²) in [5, 5.41) is 0. The van der Waals surface area contributed by atoms with E-state index in [4.69, 9.17) is 5.73 Å². The molecule has 1 amide bonds. The second kappa shape index (κ2) is 5.16. The number of benzene rings is 1. The minimum Gasteiger partial charge on any atom is -0.398 e. The molecule has 19 heavy (non-hydrogen) atoms. The molecule has 0 aliphatic carbocycles. The van der Waals surface area contributed by atoms with Gasteiger partial charge in [0.25, 0.3) is 0 Å². The number of hydrogen-bond acceptors (Lipinski definition) is 2. The molecule has 3 nitrogen and oxygen atoms in total. The molecule has 1 aromatic carbocycles. The summed E-state index contributed by atoms with van der Waals surface area (Å²) in [6.07, 6.45) is 0.662. The van der Waals surface area contributed by atoms with Gasteiger partial charge in [0.05, 0.1) is 0 Å². The summed E-state index contributed by atoms with van der Waals surface area (Å²) in [5.74, 6) is 0.689. The van der Waals surface area contributed by atoms with Crippen molar-refractivity contribution in [2.24, 2.45) is 11.3 Å². The Bertz CT molecular complexity index is 493. The smallest absolute Gasteiger partial charge is 0.223 e. The van der Waals surface area contributed by atoms with E-state index in [1.54, 1.807) is 0 Å². The third-order valence-electron chi connectivity index (χ3n) is 3.87. The van der Waals surface area contributed by atoms with E-state index < -0.39 is 0 Å². The van der Waals surface area contributed by atoms with Crippen molar-refractivity contribution in [2.45, 2.75) is 33.7 Å². The molecule has 0 radical (unpaired) electrons. The molecule has 1 aromatic rings. The number of nitrogens with two attached hydrogens (primary N) is 1. The van der Waals surface area contributed by atoms with Gasteiger partial charge >= 0.3 is 0 Å². The van der Waals surface area contributed by atoms with Gasteiger partial charge in [0.1, 0.15) is 0 Å². The van der Waals surface area contributed by atoms with Gasteiger partial charge in [-0.2, -0.15) is 0 Å². The van der Waals surface area contributed by atoms with Gasteiger partial charge in [-0.25, -0.2) is 0 Å².